The Hall–Kier alpha value is -1.39. The second-order valence-electron chi connectivity index (χ2n) is 3.65. The Bertz CT molecular complexity index is 297. The molecule has 4 nitrogen and oxygen atoms in total. The van der Waals surface area contributed by atoms with E-state index in [0.29, 0.717) is 5.56 Å². The van der Waals surface area contributed by atoms with Crippen molar-refractivity contribution >= 4 is 5.97 Å². The second kappa shape index (κ2) is 9.81. The minimum absolute atomic E-state index is 0.403. The van der Waals surface area contributed by atoms with E-state index >= 15 is 0 Å². The molecule has 4 heteroatoms. The topological polar surface area (TPSA) is 83.6 Å². The number of unbranched alkanes of at least 4 members (excludes halogenated alkanes) is 2. The highest BCUT2D eigenvalue weighted by molar-refractivity contribution is 5.73. The van der Waals surface area contributed by atoms with Gasteiger partial charge in [-0.2, -0.15) is 0 Å². The molecule has 1 atom stereocenters. The summed E-state index contributed by atoms with van der Waals surface area (Å²) < 4.78 is 0. The Morgan fingerprint density at radius 3 is 2.24 bits per heavy atom. The van der Waals surface area contributed by atoms with Gasteiger partial charge in [-0.05, 0) is 18.5 Å². The zero-order valence-corrected chi connectivity index (χ0v) is 10.2. The lowest BCUT2D eigenvalue weighted by Gasteiger charge is -2.03. The van der Waals surface area contributed by atoms with Crippen molar-refractivity contribution in [3.05, 3.63) is 35.9 Å². The van der Waals surface area contributed by atoms with E-state index in [9.17, 15) is 4.79 Å². The number of nitrogens with two attached hydrogens (primary N) is 1. The average molecular weight is 239 g/mol. The van der Waals surface area contributed by atoms with Crippen molar-refractivity contribution in [2.24, 2.45) is 5.73 Å². The summed E-state index contributed by atoms with van der Waals surface area (Å²) in [4.78, 5) is 10.2. The number of carboxylic acids is 1. The van der Waals surface area contributed by atoms with Crippen LogP contribution in [0.25, 0.3) is 0 Å². The lowest BCUT2D eigenvalue weighted by molar-refractivity contribution is -0.146. The van der Waals surface area contributed by atoms with E-state index in [0.717, 1.165) is 6.54 Å². The van der Waals surface area contributed by atoms with Gasteiger partial charge in [0.2, 0.25) is 0 Å². The molecular formula is C13H21NO3. The third-order valence-electron chi connectivity index (χ3n) is 2.16. The van der Waals surface area contributed by atoms with Crippen molar-refractivity contribution in [3.63, 3.8) is 0 Å². The molecule has 96 valence electrons. The highest BCUT2D eigenvalue weighted by Gasteiger charge is 2.14. The monoisotopic (exact) mass is 239 g/mol. The van der Waals surface area contributed by atoms with Crippen LogP contribution in [0.4, 0.5) is 0 Å². The standard InChI is InChI=1S/C8H8O3.C5H13N/c9-7(8(10)11)6-4-2-1-3-5-6;1-2-3-4-5-6/h1-5,7,9H,(H,10,11);2-6H2,1H3. The number of carboxylic acid groups (broad SMARTS) is 1. The molecule has 4 N–H and O–H groups in total. The molecule has 1 rings (SSSR count). The Balaban J connectivity index is 0.000000366. The van der Waals surface area contributed by atoms with Crippen LogP contribution in [0.15, 0.2) is 30.3 Å². The van der Waals surface area contributed by atoms with Crippen molar-refractivity contribution in [1.29, 1.82) is 0 Å². The number of hydrogen-bond acceptors (Lipinski definition) is 3. The molecule has 0 bridgehead atoms. The highest BCUT2D eigenvalue weighted by atomic mass is 16.4. The van der Waals surface area contributed by atoms with Gasteiger partial charge in [0.15, 0.2) is 6.10 Å². The SMILES string of the molecule is CCCCCN.O=C(O)C(O)c1ccccc1. The first kappa shape index (κ1) is 15.6. The molecule has 0 saturated heterocycles. The van der Waals surface area contributed by atoms with E-state index in [1.807, 2.05) is 0 Å². The number of rotatable bonds is 5. The molecule has 0 aliphatic carbocycles. The fourth-order valence-corrected chi connectivity index (χ4v) is 1.17. The smallest absolute Gasteiger partial charge is 0.337 e. The zero-order valence-electron chi connectivity index (χ0n) is 10.2. The van der Waals surface area contributed by atoms with Crippen LogP contribution in [0.1, 0.15) is 37.9 Å². The number of benzene rings is 1. The first-order valence-electron chi connectivity index (χ1n) is 5.79. The summed E-state index contributed by atoms with van der Waals surface area (Å²) in [6.45, 7) is 3.03. The van der Waals surface area contributed by atoms with Crippen molar-refractivity contribution in [2.75, 3.05) is 6.54 Å². The van der Waals surface area contributed by atoms with Crippen molar-refractivity contribution in [1.82, 2.24) is 0 Å². The summed E-state index contributed by atoms with van der Waals surface area (Å²) in [5.41, 5.74) is 5.62. The maximum atomic E-state index is 10.2. The van der Waals surface area contributed by atoms with Crippen LogP contribution < -0.4 is 5.73 Å². The molecule has 0 aliphatic heterocycles. The van der Waals surface area contributed by atoms with E-state index in [4.69, 9.17) is 15.9 Å². The molecule has 1 unspecified atom stereocenters. The predicted molar refractivity (Wildman–Crippen MR) is 67.6 cm³/mol. The van der Waals surface area contributed by atoms with Crippen molar-refractivity contribution in [2.45, 2.75) is 32.3 Å². The van der Waals surface area contributed by atoms with Crippen molar-refractivity contribution < 1.29 is 15.0 Å². The van der Waals surface area contributed by atoms with Gasteiger partial charge in [-0.3, -0.25) is 0 Å². The van der Waals surface area contributed by atoms with Crippen molar-refractivity contribution in [3.8, 4) is 0 Å². The molecule has 17 heavy (non-hydrogen) atoms. The normalized spacial score (nSPS) is 11.2. The van der Waals surface area contributed by atoms with Crippen LogP contribution in [-0.4, -0.2) is 22.7 Å². The van der Waals surface area contributed by atoms with E-state index < -0.39 is 12.1 Å². The number of carbonyl (C=O) groups is 1. The fraction of sp³-hybridized carbons (Fsp3) is 0.462. The molecule has 0 spiro atoms. The van der Waals surface area contributed by atoms with Gasteiger partial charge in [-0.1, -0.05) is 50.1 Å². The summed E-state index contributed by atoms with van der Waals surface area (Å²) >= 11 is 0. The summed E-state index contributed by atoms with van der Waals surface area (Å²) in [5.74, 6) is -1.23. The third-order valence-corrected chi connectivity index (χ3v) is 2.16. The molecule has 0 amide bonds. The Labute approximate surface area is 102 Å². The quantitative estimate of drug-likeness (QED) is 0.686. The van der Waals surface area contributed by atoms with Gasteiger partial charge in [0.05, 0.1) is 0 Å². The van der Waals surface area contributed by atoms with E-state index in [-0.39, 0.29) is 0 Å². The minimum atomic E-state index is -1.41. The molecule has 0 heterocycles. The maximum Gasteiger partial charge on any atom is 0.337 e. The Kier molecular flexibility index (Phi) is 9.01. The Morgan fingerprint density at radius 1 is 1.29 bits per heavy atom. The van der Waals surface area contributed by atoms with Gasteiger partial charge in [0.1, 0.15) is 0 Å². The molecular weight excluding hydrogens is 218 g/mol. The second-order valence-corrected chi connectivity index (χ2v) is 3.65. The van der Waals surface area contributed by atoms with Gasteiger partial charge in [0.25, 0.3) is 0 Å². The number of hydrogen-bond donors (Lipinski definition) is 3. The van der Waals surface area contributed by atoms with Gasteiger partial charge in [-0.15, -0.1) is 0 Å². The van der Waals surface area contributed by atoms with Crippen LogP contribution in [-0.2, 0) is 4.79 Å². The molecule has 0 fully saturated rings. The summed E-state index contributed by atoms with van der Waals surface area (Å²) in [5, 5.41) is 17.4. The van der Waals surface area contributed by atoms with E-state index in [1.54, 1.807) is 30.3 Å². The van der Waals surface area contributed by atoms with E-state index in [2.05, 4.69) is 6.92 Å². The van der Waals surface area contributed by atoms with Crippen LogP contribution in [0.3, 0.4) is 0 Å². The first-order chi connectivity index (χ1) is 8.13. The van der Waals surface area contributed by atoms with E-state index in [1.165, 1.54) is 19.3 Å². The first-order valence-corrected chi connectivity index (χ1v) is 5.79. The summed E-state index contributed by atoms with van der Waals surface area (Å²) in [6, 6.07) is 8.26. The fourth-order valence-electron chi connectivity index (χ4n) is 1.17. The lowest BCUT2D eigenvalue weighted by atomic mass is 10.1. The third kappa shape index (κ3) is 7.49. The van der Waals surface area contributed by atoms with Gasteiger partial charge >= 0.3 is 5.97 Å². The Morgan fingerprint density at radius 2 is 1.88 bits per heavy atom. The number of aliphatic hydroxyl groups excluding tert-OH is 1. The predicted octanol–water partition coefficient (Wildman–Crippen LogP) is 1.94. The molecule has 0 radical (unpaired) electrons. The average Bonchev–Trinajstić information content (AvgIpc) is 2.37. The van der Waals surface area contributed by atoms with Crippen LogP contribution in [0.2, 0.25) is 0 Å². The summed E-state index contributed by atoms with van der Waals surface area (Å²) in [6.07, 6.45) is 2.35. The molecule has 0 aromatic heterocycles. The van der Waals surface area contributed by atoms with Crippen LogP contribution >= 0.6 is 0 Å². The molecule has 0 aliphatic rings. The van der Waals surface area contributed by atoms with Crippen LogP contribution in [0.5, 0.6) is 0 Å². The van der Waals surface area contributed by atoms with Gasteiger partial charge in [0, 0.05) is 0 Å². The van der Waals surface area contributed by atoms with Gasteiger partial charge in [-0.25, -0.2) is 4.79 Å². The molecule has 1 aromatic carbocycles. The maximum absolute atomic E-state index is 10.2. The largest absolute Gasteiger partial charge is 0.479 e. The minimum Gasteiger partial charge on any atom is -0.479 e. The zero-order chi connectivity index (χ0) is 13.1. The highest BCUT2D eigenvalue weighted by Crippen LogP contribution is 2.10. The molecule has 1 aromatic rings. The number of aliphatic hydroxyl groups is 1. The summed E-state index contributed by atoms with van der Waals surface area (Å²) in [7, 11) is 0. The van der Waals surface area contributed by atoms with Crippen LogP contribution in [0, 0.1) is 0 Å². The van der Waals surface area contributed by atoms with Gasteiger partial charge < -0.3 is 15.9 Å². The molecule has 0 saturated carbocycles. The number of aliphatic carboxylic acids is 1. The lowest BCUT2D eigenvalue weighted by Crippen LogP contribution is -2.09.